The highest BCUT2D eigenvalue weighted by molar-refractivity contribution is 4.90. The Kier molecular flexibility index (Phi) is 5.56. The highest BCUT2D eigenvalue weighted by atomic mass is 14.9. The van der Waals surface area contributed by atoms with Gasteiger partial charge in [0, 0.05) is 6.04 Å². The molecule has 2 aliphatic carbocycles. The zero-order valence-electron chi connectivity index (χ0n) is 14.5. The number of hydrogen-bond acceptors (Lipinski definition) is 1. The molecule has 0 saturated heterocycles. The van der Waals surface area contributed by atoms with E-state index in [1.165, 1.54) is 51.5 Å². The predicted octanol–water partition coefficient (Wildman–Crippen LogP) is 5.25. The van der Waals surface area contributed by atoms with Crippen LogP contribution in [0.25, 0.3) is 0 Å². The molecular formula is C19H37N. The van der Waals surface area contributed by atoms with Gasteiger partial charge in [0.25, 0.3) is 0 Å². The normalized spacial score (nSPS) is 31.8. The summed E-state index contributed by atoms with van der Waals surface area (Å²) in [4.78, 5) is 0. The molecule has 2 rings (SSSR count). The van der Waals surface area contributed by atoms with Crippen molar-refractivity contribution >= 4 is 0 Å². The van der Waals surface area contributed by atoms with Crippen LogP contribution in [0.2, 0.25) is 0 Å². The monoisotopic (exact) mass is 279 g/mol. The molecule has 1 nitrogen and oxygen atoms in total. The lowest BCUT2D eigenvalue weighted by molar-refractivity contribution is 0.0603. The van der Waals surface area contributed by atoms with Crippen LogP contribution in [0.5, 0.6) is 0 Å². The molecule has 0 spiro atoms. The lowest BCUT2D eigenvalue weighted by Crippen LogP contribution is -2.40. The van der Waals surface area contributed by atoms with Crippen LogP contribution in [0.3, 0.4) is 0 Å². The van der Waals surface area contributed by atoms with Crippen LogP contribution in [0.4, 0.5) is 0 Å². The molecule has 0 aliphatic heterocycles. The van der Waals surface area contributed by atoms with Crippen molar-refractivity contribution in [3.63, 3.8) is 0 Å². The summed E-state index contributed by atoms with van der Waals surface area (Å²) in [6.07, 6.45) is 9.99. The van der Waals surface area contributed by atoms with Crippen molar-refractivity contribution in [1.29, 1.82) is 0 Å². The van der Waals surface area contributed by atoms with Gasteiger partial charge in [0.2, 0.25) is 0 Å². The smallest absolute Gasteiger partial charge is 0.00683 e. The van der Waals surface area contributed by atoms with Gasteiger partial charge in [-0.1, -0.05) is 47.5 Å². The van der Waals surface area contributed by atoms with Crippen LogP contribution in [-0.2, 0) is 0 Å². The molecule has 0 heterocycles. The van der Waals surface area contributed by atoms with Crippen molar-refractivity contribution in [3.05, 3.63) is 0 Å². The van der Waals surface area contributed by atoms with Gasteiger partial charge in [-0.2, -0.15) is 0 Å². The highest BCUT2D eigenvalue weighted by Gasteiger charge is 2.38. The van der Waals surface area contributed by atoms with Crippen LogP contribution in [0.15, 0.2) is 0 Å². The molecule has 2 fully saturated rings. The molecule has 3 atom stereocenters. The van der Waals surface area contributed by atoms with Gasteiger partial charge in [-0.15, -0.1) is 0 Å². The molecule has 0 amide bonds. The van der Waals surface area contributed by atoms with Crippen LogP contribution in [-0.4, -0.2) is 12.6 Å². The van der Waals surface area contributed by atoms with E-state index in [4.69, 9.17) is 0 Å². The summed E-state index contributed by atoms with van der Waals surface area (Å²) in [5, 5.41) is 3.81. The maximum Gasteiger partial charge on any atom is 0.00683 e. The molecule has 2 aliphatic rings. The Labute approximate surface area is 127 Å². The first-order valence-electron chi connectivity index (χ1n) is 9.19. The first kappa shape index (κ1) is 16.3. The Morgan fingerprint density at radius 2 is 1.65 bits per heavy atom. The Morgan fingerprint density at radius 3 is 2.15 bits per heavy atom. The summed E-state index contributed by atoms with van der Waals surface area (Å²) in [5.74, 6) is 3.80. The maximum absolute atomic E-state index is 3.81. The van der Waals surface area contributed by atoms with E-state index >= 15 is 0 Å². The summed E-state index contributed by atoms with van der Waals surface area (Å²) in [5.41, 5.74) is 0.499. The second-order valence-electron chi connectivity index (χ2n) is 8.56. The molecule has 0 aromatic rings. The predicted molar refractivity (Wildman–Crippen MR) is 88.9 cm³/mol. The Hall–Kier alpha value is -0.0400. The molecule has 0 radical (unpaired) electrons. The molecule has 0 aromatic carbocycles. The van der Waals surface area contributed by atoms with Crippen LogP contribution < -0.4 is 5.32 Å². The molecule has 1 heteroatoms. The van der Waals surface area contributed by atoms with Gasteiger partial charge in [-0.25, -0.2) is 0 Å². The molecule has 2 saturated carbocycles. The van der Waals surface area contributed by atoms with Crippen molar-refractivity contribution in [2.45, 2.75) is 85.6 Å². The topological polar surface area (TPSA) is 12.0 Å². The fourth-order valence-electron chi connectivity index (χ4n) is 4.39. The standard InChI is InChI=1S/C19H37N/c1-6-14(7-2)18-12-16(19(3,4)5)9-8-15(18)13-20-17-10-11-17/h14-18,20H,6-13H2,1-5H3. The average molecular weight is 280 g/mol. The zero-order valence-corrected chi connectivity index (χ0v) is 14.5. The third-order valence-corrected chi connectivity index (χ3v) is 6.17. The van der Waals surface area contributed by atoms with E-state index in [1.807, 2.05) is 0 Å². The van der Waals surface area contributed by atoms with Crippen molar-refractivity contribution in [1.82, 2.24) is 5.32 Å². The van der Waals surface area contributed by atoms with E-state index < -0.39 is 0 Å². The van der Waals surface area contributed by atoms with Crippen molar-refractivity contribution < 1.29 is 0 Å². The fourth-order valence-corrected chi connectivity index (χ4v) is 4.39. The quantitative estimate of drug-likeness (QED) is 0.700. The molecule has 0 aromatic heterocycles. The third kappa shape index (κ3) is 4.23. The molecular weight excluding hydrogens is 242 g/mol. The van der Waals surface area contributed by atoms with Gasteiger partial charge in [0.1, 0.15) is 0 Å². The van der Waals surface area contributed by atoms with Crippen LogP contribution in [0, 0.1) is 29.1 Å². The lowest BCUT2D eigenvalue weighted by Gasteiger charge is -2.45. The van der Waals surface area contributed by atoms with Crippen LogP contribution >= 0.6 is 0 Å². The number of rotatable bonds is 6. The Bertz CT molecular complexity index is 283. The summed E-state index contributed by atoms with van der Waals surface area (Å²) in [7, 11) is 0. The van der Waals surface area contributed by atoms with Gasteiger partial charge >= 0.3 is 0 Å². The zero-order chi connectivity index (χ0) is 14.8. The van der Waals surface area contributed by atoms with E-state index in [-0.39, 0.29) is 0 Å². The summed E-state index contributed by atoms with van der Waals surface area (Å²) in [6.45, 7) is 13.4. The molecule has 118 valence electrons. The lowest BCUT2D eigenvalue weighted by atomic mass is 9.61. The van der Waals surface area contributed by atoms with E-state index in [0.29, 0.717) is 5.41 Å². The Balaban J connectivity index is 1.98. The fraction of sp³-hybridized carbons (Fsp3) is 1.00. The number of hydrogen-bond donors (Lipinski definition) is 1. The second kappa shape index (κ2) is 6.81. The first-order valence-corrected chi connectivity index (χ1v) is 9.19. The van der Waals surface area contributed by atoms with Gasteiger partial charge in [0.15, 0.2) is 0 Å². The first-order chi connectivity index (χ1) is 9.45. The largest absolute Gasteiger partial charge is 0.314 e. The molecule has 3 unspecified atom stereocenters. The van der Waals surface area contributed by atoms with Gasteiger partial charge < -0.3 is 5.32 Å². The van der Waals surface area contributed by atoms with E-state index in [1.54, 1.807) is 0 Å². The minimum atomic E-state index is 0.499. The molecule has 1 N–H and O–H groups in total. The summed E-state index contributed by atoms with van der Waals surface area (Å²) < 4.78 is 0. The van der Waals surface area contributed by atoms with Crippen LogP contribution in [0.1, 0.15) is 79.6 Å². The highest BCUT2D eigenvalue weighted by Crippen LogP contribution is 2.46. The van der Waals surface area contributed by atoms with Crippen molar-refractivity contribution in [3.8, 4) is 0 Å². The van der Waals surface area contributed by atoms with E-state index in [2.05, 4.69) is 39.9 Å². The van der Waals surface area contributed by atoms with Crippen molar-refractivity contribution in [2.75, 3.05) is 6.54 Å². The Morgan fingerprint density at radius 1 is 1.00 bits per heavy atom. The maximum atomic E-state index is 3.81. The van der Waals surface area contributed by atoms with Gasteiger partial charge in [0.05, 0.1) is 0 Å². The second-order valence-corrected chi connectivity index (χ2v) is 8.56. The van der Waals surface area contributed by atoms with Crippen molar-refractivity contribution in [2.24, 2.45) is 29.1 Å². The van der Waals surface area contributed by atoms with E-state index in [0.717, 1.165) is 29.7 Å². The average Bonchev–Trinajstić information content (AvgIpc) is 3.21. The van der Waals surface area contributed by atoms with Gasteiger partial charge in [-0.3, -0.25) is 0 Å². The molecule has 20 heavy (non-hydrogen) atoms. The number of nitrogens with one attached hydrogen (secondary N) is 1. The summed E-state index contributed by atoms with van der Waals surface area (Å²) >= 11 is 0. The minimum Gasteiger partial charge on any atom is -0.314 e. The van der Waals surface area contributed by atoms with E-state index in [9.17, 15) is 0 Å². The SMILES string of the molecule is CCC(CC)C1CC(C(C)(C)C)CCC1CNC1CC1. The minimum absolute atomic E-state index is 0.499. The summed E-state index contributed by atoms with van der Waals surface area (Å²) in [6, 6.07) is 0.873. The van der Waals surface area contributed by atoms with Gasteiger partial charge in [-0.05, 0) is 67.7 Å². The third-order valence-electron chi connectivity index (χ3n) is 6.17. The molecule has 0 bridgehead atoms.